The summed E-state index contributed by atoms with van der Waals surface area (Å²) in [7, 11) is 1.61. The van der Waals surface area contributed by atoms with Crippen LogP contribution in [0, 0.1) is 11.3 Å². The van der Waals surface area contributed by atoms with Crippen LogP contribution in [0.3, 0.4) is 0 Å². The van der Waals surface area contributed by atoms with Crippen molar-refractivity contribution < 1.29 is 9.47 Å². The molecule has 0 spiro atoms. The first-order chi connectivity index (χ1) is 12.7. The van der Waals surface area contributed by atoms with Crippen LogP contribution in [-0.4, -0.2) is 22.3 Å². The molecule has 4 rings (SSSR count). The number of hydrogen-bond acceptors (Lipinski definition) is 6. The van der Waals surface area contributed by atoms with Gasteiger partial charge in [0.2, 0.25) is 11.8 Å². The van der Waals surface area contributed by atoms with Crippen LogP contribution in [0.1, 0.15) is 17.0 Å². The van der Waals surface area contributed by atoms with Crippen molar-refractivity contribution in [3.05, 3.63) is 71.4 Å². The molecule has 26 heavy (non-hydrogen) atoms. The maximum atomic E-state index is 9.67. The minimum atomic E-state index is -0.397. The molecule has 128 valence electrons. The van der Waals surface area contributed by atoms with E-state index in [2.05, 4.69) is 21.3 Å². The molecule has 7 nitrogen and oxygen atoms in total. The Morgan fingerprint density at radius 1 is 1.27 bits per heavy atom. The van der Waals surface area contributed by atoms with Gasteiger partial charge in [-0.1, -0.05) is 12.1 Å². The molecule has 0 radical (unpaired) electrons. The molecule has 1 aliphatic heterocycles. The van der Waals surface area contributed by atoms with Gasteiger partial charge in [0, 0.05) is 18.0 Å². The molecule has 3 N–H and O–H groups in total. The Morgan fingerprint density at radius 2 is 2.08 bits per heavy atom. The molecular formula is C19H15N5O2. The lowest BCUT2D eigenvalue weighted by atomic mass is 9.83. The number of aromatic amines is 1. The Morgan fingerprint density at radius 3 is 2.81 bits per heavy atom. The van der Waals surface area contributed by atoms with Crippen LogP contribution < -0.4 is 15.2 Å². The van der Waals surface area contributed by atoms with Crippen molar-refractivity contribution in [2.45, 2.75) is 5.92 Å². The van der Waals surface area contributed by atoms with Gasteiger partial charge in [0.25, 0.3) is 0 Å². The van der Waals surface area contributed by atoms with E-state index in [1.54, 1.807) is 19.5 Å². The van der Waals surface area contributed by atoms with Crippen LogP contribution in [0.4, 0.5) is 0 Å². The zero-order chi connectivity index (χ0) is 18.1. The maximum Gasteiger partial charge on any atom is 0.244 e. The summed E-state index contributed by atoms with van der Waals surface area (Å²) >= 11 is 0. The summed E-state index contributed by atoms with van der Waals surface area (Å²) in [5.74, 6) is 0.747. The van der Waals surface area contributed by atoms with Gasteiger partial charge in [0.15, 0.2) is 0 Å². The van der Waals surface area contributed by atoms with Gasteiger partial charge in [0.1, 0.15) is 17.4 Å². The molecule has 0 unspecified atom stereocenters. The monoisotopic (exact) mass is 345 g/mol. The number of methoxy groups -OCH3 is 1. The zero-order valence-corrected chi connectivity index (χ0v) is 13.9. The Bertz CT molecular complexity index is 1030. The second-order valence-electron chi connectivity index (χ2n) is 5.75. The number of H-pyrrole nitrogens is 1. The smallest absolute Gasteiger partial charge is 0.244 e. The zero-order valence-electron chi connectivity index (χ0n) is 13.9. The minimum absolute atomic E-state index is 0.0607. The van der Waals surface area contributed by atoms with E-state index in [1.807, 2.05) is 36.4 Å². The summed E-state index contributed by atoms with van der Waals surface area (Å²) in [4.78, 5) is 4.06. The van der Waals surface area contributed by atoms with Crippen LogP contribution in [0.2, 0.25) is 0 Å². The first kappa shape index (κ1) is 15.7. The van der Waals surface area contributed by atoms with Crippen molar-refractivity contribution in [3.8, 4) is 29.0 Å². The number of hydrogen-bond donors (Lipinski definition) is 2. The van der Waals surface area contributed by atoms with Gasteiger partial charge in [-0.05, 0) is 29.8 Å². The summed E-state index contributed by atoms with van der Waals surface area (Å²) in [5.41, 5.74) is 9.58. The van der Waals surface area contributed by atoms with Gasteiger partial charge >= 0.3 is 0 Å². The third kappa shape index (κ3) is 2.45. The average molecular weight is 345 g/mol. The number of pyridine rings is 1. The van der Waals surface area contributed by atoms with Gasteiger partial charge in [-0.2, -0.15) is 5.26 Å². The Hall–Kier alpha value is -3.79. The van der Waals surface area contributed by atoms with Crippen molar-refractivity contribution in [1.82, 2.24) is 15.2 Å². The molecule has 1 atom stereocenters. The maximum absolute atomic E-state index is 9.67. The highest BCUT2D eigenvalue weighted by Gasteiger charge is 2.35. The highest BCUT2D eigenvalue weighted by molar-refractivity contribution is 5.71. The van der Waals surface area contributed by atoms with Crippen molar-refractivity contribution in [1.29, 1.82) is 5.26 Å². The highest BCUT2D eigenvalue weighted by atomic mass is 16.5. The lowest BCUT2D eigenvalue weighted by Gasteiger charge is -2.24. The van der Waals surface area contributed by atoms with E-state index < -0.39 is 5.92 Å². The molecule has 0 bridgehead atoms. The average Bonchev–Trinajstić information content (AvgIpc) is 3.10. The van der Waals surface area contributed by atoms with Gasteiger partial charge in [-0.3, -0.25) is 10.1 Å². The number of rotatable bonds is 3. The van der Waals surface area contributed by atoms with Crippen LogP contribution in [0.25, 0.3) is 11.3 Å². The number of nitrogens with two attached hydrogens (primary N) is 1. The standard InChI is InChI=1S/C19H15N5O2/c1-25-13-4-2-3-12(9-13)17-16-15(11-5-7-22-8-6-11)14(10-20)18(21)26-19(16)24-23-17/h2-9,15H,21H2,1H3,(H,23,24)/t15-/m1/s1. The van der Waals surface area contributed by atoms with Crippen LogP contribution in [0.5, 0.6) is 11.6 Å². The molecule has 0 amide bonds. The van der Waals surface area contributed by atoms with E-state index in [4.69, 9.17) is 15.2 Å². The third-order valence-corrected chi connectivity index (χ3v) is 4.34. The molecule has 1 aromatic carbocycles. The van der Waals surface area contributed by atoms with Crippen LogP contribution >= 0.6 is 0 Å². The molecular weight excluding hydrogens is 330 g/mol. The van der Waals surface area contributed by atoms with E-state index in [1.165, 1.54) is 0 Å². The van der Waals surface area contributed by atoms with Crippen molar-refractivity contribution >= 4 is 0 Å². The Kier molecular flexibility index (Phi) is 3.78. The first-order valence-corrected chi connectivity index (χ1v) is 7.93. The number of nitriles is 1. The lowest BCUT2D eigenvalue weighted by Crippen LogP contribution is -2.21. The number of fused-ring (bicyclic) bond motifs is 1. The summed E-state index contributed by atoms with van der Waals surface area (Å²) in [6, 6.07) is 13.5. The predicted molar refractivity (Wildman–Crippen MR) is 94.1 cm³/mol. The fraction of sp³-hybridized carbons (Fsp3) is 0.105. The normalized spacial score (nSPS) is 15.8. The summed E-state index contributed by atoms with van der Waals surface area (Å²) < 4.78 is 10.9. The SMILES string of the molecule is COc1cccc(-c2[nH]nc3c2[C@H](c2ccncc2)C(C#N)=C(N)O3)c1. The second kappa shape index (κ2) is 6.26. The number of benzene rings is 1. The van der Waals surface area contributed by atoms with E-state index in [0.717, 1.165) is 28.1 Å². The number of nitrogens with zero attached hydrogens (tertiary/aromatic N) is 3. The van der Waals surface area contributed by atoms with E-state index in [0.29, 0.717) is 11.5 Å². The topological polar surface area (TPSA) is 110 Å². The van der Waals surface area contributed by atoms with Crippen molar-refractivity contribution in [2.75, 3.05) is 7.11 Å². The van der Waals surface area contributed by atoms with Gasteiger partial charge in [-0.15, -0.1) is 5.10 Å². The molecule has 0 fully saturated rings. The van der Waals surface area contributed by atoms with Gasteiger partial charge in [-0.25, -0.2) is 0 Å². The fourth-order valence-electron chi connectivity index (χ4n) is 3.13. The fourth-order valence-corrected chi connectivity index (χ4v) is 3.13. The quantitative estimate of drug-likeness (QED) is 0.755. The predicted octanol–water partition coefficient (Wildman–Crippen LogP) is 2.70. The minimum Gasteiger partial charge on any atom is -0.497 e. The number of ether oxygens (including phenoxy) is 2. The molecule has 3 aromatic rings. The number of nitrogens with one attached hydrogen (secondary N) is 1. The van der Waals surface area contributed by atoms with Crippen LogP contribution in [-0.2, 0) is 0 Å². The molecule has 0 saturated carbocycles. The second-order valence-corrected chi connectivity index (χ2v) is 5.75. The van der Waals surface area contributed by atoms with Crippen molar-refractivity contribution in [2.24, 2.45) is 5.73 Å². The van der Waals surface area contributed by atoms with Gasteiger partial charge in [0.05, 0.1) is 24.3 Å². The lowest BCUT2D eigenvalue weighted by molar-refractivity contribution is 0.379. The summed E-state index contributed by atoms with van der Waals surface area (Å²) in [6.45, 7) is 0. The highest BCUT2D eigenvalue weighted by Crippen LogP contribution is 2.45. The summed E-state index contributed by atoms with van der Waals surface area (Å²) in [5, 5.41) is 16.9. The van der Waals surface area contributed by atoms with Crippen LogP contribution in [0.15, 0.2) is 60.2 Å². The van der Waals surface area contributed by atoms with E-state index >= 15 is 0 Å². The molecule has 3 heterocycles. The van der Waals surface area contributed by atoms with Crippen molar-refractivity contribution in [3.63, 3.8) is 0 Å². The molecule has 0 aliphatic carbocycles. The molecule has 1 aliphatic rings. The van der Waals surface area contributed by atoms with E-state index in [-0.39, 0.29) is 5.88 Å². The Balaban J connectivity index is 1.94. The third-order valence-electron chi connectivity index (χ3n) is 4.34. The molecule has 2 aromatic heterocycles. The van der Waals surface area contributed by atoms with Gasteiger partial charge < -0.3 is 15.2 Å². The molecule has 7 heteroatoms. The Labute approximate surface area is 149 Å². The largest absolute Gasteiger partial charge is 0.497 e. The van der Waals surface area contributed by atoms with E-state index in [9.17, 15) is 5.26 Å². The number of aromatic nitrogens is 3. The summed E-state index contributed by atoms with van der Waals surface area (Å²) in [6.07, 6.45) is 3.36. The first-order valence-electron chi connectivity index (χ1n) is 7.93. The molecule has 0 saturated heterocycles. The number of allylic oxidation sites excluding steroid dienone is 1.